The van der Waals surface area contributed by atoms with Gasteiger partial charge in [0.25, 0.3) is 0 Å². The zero-order chi connectivity index (χ0) is 12.4. The van der Waals surface area contributed by atoms with Crippen LogP contribution in [0.2, 0.25) is 0 Å². The largest absolute Gasteiger partial charge is 0.357 e. The van der Waals surface area contributed by atoms with Crippen LogP contribution in [0, 0.1) is 0 Å². The van der Waals surface area contributed by atoms with Crippen molar-refractivity contribution in [3.63, 3.8) is 0 Å². The monoisotopic (exact) mass is 377 g/mol. The van der Waals surface area contributed by atoms with Crippen LogP contribution in [0.1, 0.15) is 26.7 Å². The van der Waals surface area contributed by atoms with Gasteiger partial charge in [-0.05, 0) is 13.3 Å². The van der Waals surface area contributed by atoms with Crippen LogP contribution in [0.15, 0.2) is 4.99 Å². The summed E-state index contributed by atoms with van der Waals surface area (Å²) in [5, 5.41) is 6.07. The van der Waals surface area contributed by atoms with Crippen LogP contribution < -0.4 is 10.6 Å². The fourth-order valence-corrected chi connectivity index (χ4v) is 1.52. The molecule has 0 aromatic carbocycles. The maximum atomic E-state index is 10.9. The Morgan fingerprint density at radius 2 is 1.88 bits per heavy atom. The smallest absolute Gasteiger partial charge is 0.191 e. The minimum absolute atomic E-state index is 0. The van der Waals surface area contributed by atoms with Gasteiger partial charge in [0.15, 0.2) is 5.96 Å². The van der Waals surface area contributed by atoms with E-state index in [1.54, 1.807) is 0 Å². The van der Waals surface area contributed by atoms with E-state index in [9.17, 15) is 8.42 Å². The minimum Gasteiger partial charge on any atom is -0.357 e. The van der Waals surface area contributed by atoms with Crippen molar-refractivity contribution in [1.29, 1.82) is 0 Å². The molecule has 0 radical (unpaired) electrons. The summed E-state index contributed by atoms with van der Waals surface area (Å²) in [5.74, 6) is 0.824. The number of hydrogen-bond donors (Lipinski definition) is 2. The summed E-state index contributed by atoms with van der Waals surface area (Å²) in [6, 6.07) is 0. The standard InChI is InChI=1S/C10H23N3O2S.HI/c1-4-6-7-12-10(11-5-2)13-8-9-16(3,14)15;/h4-9H2,1-3H3,(H2,11,12,13);1H. The first-order valence-corrected chi connectivity index (χ1v) is 7.75. The van der Waals surface area contributed by atoms with Gasteiger partial charge in [-0.3, -0.25) is 4.99 Å². The molecule has 0 saturated carbocycles. The molecule has 0 aromatic heterocycles. The molecule has 5 nitrogen and oxygen atoms in total. The van der Waals surface area contributed by atoms with E-state index in [1.165, 1.54) is 6.26 Å². The number of nitrogens with zero attached hydrogens (tertiary/aromatic N) is 1. The highest BCUT2D eigenvalue weighted by Gasteiger charge is 2.02. The number of rotatable bonds is 7. The second-order valence-electron chi connectivity index (χ2n) is 3.67. The highest BCUT2D eigenvalue weighted by atomic mass is 127. The molecule has 0 unspecified atom stereocenters. The van der Waals surface area contributed by atoms with Crippen LogP contribution in [0.4, 0.5) is 0 Å². The van der Waals surface area contributed by atoms with Crippen molar-refractivity contribution in [3.05, 3.63) is 0 Å². The molecular weight excluding hydrogens is 353 g/mol. The number of unbranched alkanes of at least 4 members (excludes halogenated alkanes) is 1. The van der Waals surface area contributed by atoms with Gasteiger partial charge in [0.2, 0.25) is 0 Å². The van der Waals surface area contributed by atoms with Crippen molar-refractivity contribution < 1.29 is 8.42 Å². The SMILES string of the molecule is CCCCN=C(NCC)NCCS(C)(=O)=O.I. The Kier molecular flexibility index (Phi) is 12.6. The van der Waals surface area contributed by atoms with Gasteiger partial charge in [-0.25, -0.2) is 8.42 Å². The van der Waals surface area contributed by atoms with Gasteiger partial charge in [0.05, 0.1) is 5.75 Å². The van der Waals surface area contributed by atoms with Gasteiger partial charge in [0.1, 0.15) is 9.84 Å². The maximum Gasteiger partial charge on any atom is 0.191 e. The van der Waals surface area contributed by atoms with Crippen LogP contribution >= 0.6 is 24.0 Å². The molecule has 0 aliphatic heterocycles. The zero-order valence-electron chi connectivity index (χ0n) is 10.8. The van der Waals surface area contributed by atoms with E-state index in [0.29, 0.717) is 12.5 Å². The predicted molar refractivity (Wildman–Crippen MR) is 84.0 cm³/mol. The Morgan fingerprint density at radius 1 is 1.24 bits per heavy atom. The normalized spacial score (nSPS) is 11.8. The molecule has 17 heavy (non-hydrogen) atoms. The number of nitrogens with one attached hydrogen (secondary N) is 2. The average molecular weight is 377 g/mol. The third kappa shape index (κ3) is 13.9. The number of halogens is 1. The fraction of sp³-hybridized carbons (Fsp3) is 0.900. The van der Waals surface area contributed by atoms with Crippen molar-refractivity contribution in [2.75, 3.05) is 31.6 Å². The van der Waals surface area contributed by atoms with Crippen molar-refractivity contribution >= 4 is 39.8 Å². The molecule has 0 heterocycles. The van der Waals surface area contributed by atoms with Crippen LogP contribution in [-0.4, -0.2) is 46.0 Å². The Bertz CT molecular complexity index is 305. The van der Waals surface area contributed by atoms with E-state index in [-0.39, 0.29) is 29.7 Å². The molecule has 0 aliphatic rings. The lowest BCUT2D eigenvalue weighted by molar-refractivity contribution is 0.600. The first-order valence-electron chi connectivity index (χ1n) is 5.69. The van der Waals surface area contributed by atoms with E-state index >= 15 is 0 Å². The van der Waals surface area contributed by atoms with Crippen LogP contribution in [0.5, 0.6) is 0 Å². The lowest BCUT2D eigenvalue weighted by atomic mass is 10.3. The quantitative estimate of drug-likeness (QED) is 0.301. The summed E-state index contributed by atoms with van der Waals surface area (Å²) in [6.07, 6.45) is 3.38. The van der Waals surface area contributed by atoms with Gasteiger partial charge in [0, 0.05) is 25.9 Å². The van der Waals surface area contributed by atoms with Crippen LogP contribution in [0.3, 0.4) is 0 Å². The molecule has 0 atom stereocenters. The number of aliphatic imine (C=N–C) groups is 1. The number of sulfone groups is 1. The van der Waals surface area contributed by atoms with E-state index in [0.717, 1.165) is 25.9 Å². The Morgan fingerprint density at radius 3 is 2.35 bits per heavy atom. The van der Waals surface area contributed by atoms with Gasteiger partial charge in [-0.1, -0.05) is 13.3 Å². The first-order chi connectivity index (χ1) is 7.49. The molecule has 104 valence electrons. The van der Waals surface area contributed by atoms with Crippen molar-refractivity contribution in [1.82, 2.24) is 10.6 Å². The summed E-state index contributed by atoms with van der Waals surface area (Å²) < 4.78 is 21.9. The van der Waals surface area contributed by atoms with Crippen LogP contribution in [0.25, 0.3) is 0 Å². The summed E-state index contributed by atoms with van der Waals surface area (Å²) in [5.41, 5.74) is 0. The molecule has 0 aliphatic carbocycles. The second-order valence-corrected chi connectivity index (χ2v) is 5.93. The number of hydrogen-bond acceptors (Lipinski definition) is 3. The Labute approximate surface area is 122 Å². The Balaban J connectivity index is 0. The number of guanidine groups is 1. The molecule has 0 bridgehead atoms. The summed E-state index contributed by atoms with van der Waals surface area (Å²) in [4.78, 5) is 4.32. The molecule has 0 rings (SSSR count). The van der Waals surface area contributed by atoms with Crippen molar-refractivity contribution in [2.24, 2.45) is 4.99 Å². The minimum atomic E-state index is -2.91. The third-order valence-electron chi connectivity index (χ3n) is 1.89. The second kappa shape index (κ2) is 11.1. The highest BCUT2D eigenvalue weighted by Crippen LogP contribution is 1.87. The molecule has 0 spiro atoms. The lowest BCUT2D eigenvalue weighted by Crippen LogP contribution is -2.39. The lowest BCUT2D eigenvalue weighted by Gasteiger charge is -2.10. The van der Waals surface area contributed by atoms with E-state index in [1.807, 2.05) is 6.92 Å². The molecule has 0 amide bonds. The summed E-state index contributed by atoms with van der Waals surface area (Å²) in [6.45, 7) is 6.03. The maximum absolute atomic E-state index is 10.9. The molecule has 2 N–H and O–H groups in total. The van der Waals surface area contributed by atoms with Gasteiger partial charge in [-0.15, -0.1) is 24.0 Å². The van der Waals surface area contributed by atoms with Crippen LogP contribution in [-0.2, 0) is 9.84 Å². The summed E-state index contributed by atoms with van der Waals surface area (Å²) >= 11 is 0. The molecule has 7 heteroatoms. The molecular formula is C10H24IN3O2S. The average Bonchev–Trinajstić information content (AvgIpc) is 2.16. The van der Waals surface area contributed by atoms with Crippen molar-refractivity contribution in [3.8, 4) is 0 Å². The third-order valence-corrected chi connectivity index (χ3v) is 2.84. The summed E-state index contributed by atoms with van der Waals surface area (Å²) in [7, 11) is -2.91. The van der Waals surface area contributed by atoms with Crippen molar-refractivity contribution in [2.45, 2.75) is 26.7 Å². The van der Waals surface area contributed by atoms with Gasteiger partial charge < -0.3 is 10.6 Å². The Hall–Kier alpha value is -0.0500. The topological polar surface area (TPSA) is 70.6 Å². The molecule has 0 saturated heterocycles. The van der Waals surface area contributed by atoms with E-state index in [2.05, 4.69) is 22.5 Å². The molecule has 0 fully saturated rings. The first kappa shape index (κ1) is 19.3. The van der Waals surface area contributed by atoms with Gasteiger partial charge in [-0.2, -0.15) is 0 Å². The zero-order valence-corrected chi connectivity index (χ0v) is 14.0. The predicted octanol–water partition coefficient (Wildman–Crippen LogP) is 1.00. The van der Waals surface area contributed by atoms with E-state index in [4.69, 9.17) is 0 Å². The molecule has 0 aromatic rings. The fourth-order valence-electron chi connectivity index (χ4n) is 1.05. The van der Waals surface area contributed by atoms with Gasteiger partial charge >= 0.3 is 0 Å². The van der Waals surface area contributed by atoms with E-state index < -0.39 is 9.84 Å². The highest BCUT2D eigenvalue weighted by molar-refractivity contribution is 14.0.